The highest BCUT2D eigenvalue weighted by Gasteiger charge is 2.31. The molecule has 39 heavy (non-hydrogen) atoms. The third-order valence-electron chi connectivity index (χ3n) is 7.34. The second-order valence-electron chi connectivity index (χ2n) is 10.5. The van der Waals surface area contributed by atoms with Crippen molar-refractivity contribution in [2.45, 2.75) is 43.1 Å². The molecule has 0 radical (unpaired) electrons. The van der Waals surface area contributed by atoms with Crippen molar-refractivity contribution in [2.75, 3.05) is 38.5 Å². The Balaban J connectivity index is 1.50. The number of nitrogens with two attached hydrogens (primary N) is 1. The average Bonchev–Trinajstić information content (AvgIpc) is 3.45. The summed E-state index contributed by atoms with van der Waals surface area (Å²) in [5, 5.41) is 11.2. The molecule has 0 heterocycles. The van der Waals surface area contributed by atoms with E-state index < -0.39 is 16.1 Å². The molecular formula is C31H39N3O4S. The molecule has 8 heteroatoms. The number of nitrogens with zero attached hydrogens (tertiary/aromatic N) is 2. The first kappa shape index (κ1) is 29.0. The Bertz CT molecular complexity index is 1300. The molecule has 0 aromatic heterocycles. The minimum absolute atomic E-state index is 0.0361. The van der Waals surface area contributed by atoms with E-state index >= 15 is 0 Å². The maximum absolute atomic E-state index is 13.7. The van der Waals surface area contributed by atoms with Crippen LogP contribution in [0.1, 0.15) is 41.6 Å². The highest BCUT2D eigenvalue weighted by molar-refractivity contribution is 7.89. The van der Waals surface area contributed by atoms with Crippen molar-refractivity contribution in [1.29, 1.82) is 0 Å². The summed E-state index contributed by atoms with van der Waals surface area (Å²) in [5.41, 5.74) is 8.02. The summed E-state index contributed by atoms with van der Waals surface area (Å²) >= 11 is 0. The molecule has 3 N–H and O–H groups in total. The molecule has 0 saturated heterocycles. The highest BCUT2D eigenvalue weighted by atomic mass is 32.2. The van der Waals surface area contributed by atoms with Crippen LogP contribution in [0.4, 0.5) is 5.69 Å². The number of anilines is 1. The van der Waals surface area contributed by atoms with Crippen molar-refractivity contribution in [2.24, 2.45) is 5.92 Å². The lowest BCUT2D eigenvalue weighted by Crippen LogP contribution is -2.45. The fraction of sp³-hybridized carbons (Fsp3) is 0.387. The maximum atomic E-state index is 13.7. The largest absolute Gasteiger partial charge is 0.399 e. The first-order valence-electron chi connectivity index (χ1n) is 13.7. The number of ketones is 1. The van der Waals surface area contributed by atoms with Crippen LogP contribution in [0.5, 0.6) is 0 Å². The minimum Gasteiger partial charge on any atom is -0.399 e. The van der Waals surface area contributed by atoms with Crippen molar-refractivity contribution in [1.82, 2.24) is 9.21 Å². The lowest BCUT2D eigenvalue weighted by Gasteiger charge is -2.30. The van der Waals surface area contributed by atoms with Gasteiger partial charge in [0.1, 0.15) is 0 Å². The van der Waals surface area contributed by atoms with Crippen LogP contribution in [0.25, 0.3) is 0 Å². The van der Waals surface area contributed by atoms with E-state index in [1.165, 1.54) is 10.4 Å². The molecule has 0 aliphatic heterocycles. The summed E-state index contributed by atoms with van der Waals surface area (Å²) in [6, 6.07) is 25.4. The van der Waals surface area contributed by atoms with E-state index in [0.29, 0.717) is 30.8 Å². The predicted octanol–water partition coefficient (Wildman–Crippen LogP) is 4.24. The van der Waals surface area contributed by atoms with E-state index in [4.69, 9.17) is 5.73 Å². The van der Waals surface area contributed by atoms with Gasteiger partial charge in [0.25, 0.3) is 0 Å². The van der Waals surface area contributed by atoms with E-state index in [-0.39, 0.29) is 36.2 Å². The van der Waals surface area contributed by atoms with Gasteiger partial charge in [-0.1, -0.05) is 79.6 Å². The van der Waals surface area contributed by atoms with Gasteiger partial charge in [0.2, 0.25) is 10.0 Å². The SMILES string of the molecule is Nc1cccc(S(=O)(=O)N(CC2CCCC2)C[C@@H](O)CN(CCc2ccccc2)CC(=O)c2ccccc2)c1. The summed E-state index contributed by atoms with van der Waals surface area (Å²) in [6.45, 7) is 1.19. The van der Waals surface area contributed by atoms with Crippen molar-refractivity contribution in [3.05, 3.63) is 96.1 Å². The standard InChI is InChI=1S/C31H39N3O4S/c32-28-16-9-17-30(20-28)39(37,38)34(21-26-12-7-8-13-26)23-29(35)22-33(19-18-25-10-3-1-4-11-25)24-31(36)27-14-5-2-6-15-27/h1-6,9-11,14-17,20,26,29,35H,7-8,12-13,18-19,21-24,32H2/t29-/m0/s1. The summed E-state index contributed by atoms with van der Waals surface area (Å²) in [7, 11) is -3.86. The normalized spacial score (nSPS) is 15.2. The van der Waals surface area contributed by atoms with Gasteiger partial charge < -0.3 is 10.8 Å². The molecule has 1 saturated carbocycles. The number of sulfonamides is 1. The molecule has 1 aliphatic carbocycles. The molecule has 0 amide bonds. The van der Waals surface area contributed by atoms with Crippen molar-refractivity contribution in [3.63, 3.8) is 0 Å². The van der Waals surface area contributed by atoms with Gasteiger partial charge in [-0.25, -0.2) is 8.42 Å². The summed E-state index contributed by atoms with van der Waals surface area (Å²) in [4.78, 5) is 15.1. The molecule has 4 rings (SSSR count). The number of hydrogen-bond acceptors (Lipinski definition) is 6. The van der Waals surface area contributed by atoms with Gasteiger partial charge in [0.15, 0.2) is 5.78 Å². The molecule has 0 bridgehead atoms. The number of benzene rings is 3. The van der Waals surface area contributed by atoms with Crippen molar-refractivity contribution < 1.29 is 18.3 Å². The van der Waals surface area contributed by atoms with Crippen LogP contribution >= 0.6 is 0 Å². The zero-order valence-corrected chi connectivity index (χ0v) is 23.2. The smallest absolute Gasteiger partial charge is 0.243 e. The summed E-state index contributed by atoms with van der Waals surface area (Å²) in [6.07, 6.45) is 3.88. The molecule has 3 aromatic carbocycles. The maximum Gasteiger partial charge on any atom is 0.243 e. The van der Waals surface area contributed by atoms with E-state index in [0.717, 1.165) is 31.2 Å². The van der Waals surface area contributed by atoms with E-state index in [2.05, 4.69) is 0 Å². The second-order valence-corrected chi connectivity index (χ2v) is 12.4. The first-order chi connectivity index (χ1) is 18.8. The van der Waals surface area contributed by atoms with Gasteiger partial charge in [0, 0.05) is 37.4 Å². The van der Waals surface area contributed by atoms with Gasteiger partial charge in [-0.3, -0.25) is 9.69 Å². The Labute approximate surface area is 232 Å². The number of hydrogen-bond donors (Lipinski definition) is 2. The van der Waals surface area contributed by atoms with E-state index in [1.54, 1.807) is 30.3 Å². The Hall–Kier alpha value is -3.04. The fourth-order valence-corrected chi connectivity index (χ4v) is 6.86. The molecule has 1 atom stereocenters. The number of aliphatic hydroxyl groups excluding tert-OH is 1. The van der Waals surface area contributed by atoms with Crippen LogP contribution in [-0.2, 0) is 16.4 Å². The van der Waals surface area contributed by atoms with Gasteiger partial charge in [-0.05, 0) is 48.9 Å². The monoisotopic (exact) mass is 549 g/mol. The quantitative estimate of drug-likeness (QED) is 0.230. The number of aliphatic hydroxyl groups is 1. The lowest BCUT2D eigenvalue weighted by molar-refractivity contribution is 0.0775. The van der Waals surface area contributed by atoms with Crippen LogP contribution in [0.2, 0.25) is 0 Å². The van der Waals surface area contributed by atoms with Crippen LogP contribution in [0, 0.1) is 5.92 Å². The van der Waals surface area contributed by atoms with Crippen molar-refractivity contribution >= 4 is 21.5 Å². The molecule has 7 nitrogen and oxygen atoms in total. The number of carbonyl (C=O) groups is 1. The summed E-state index contributed by atoms with van der Waals surface area (Å²) < 4.78 is 28.7. The Morgan fingerprint density at radius 1 is 0.923 bits per heavy atom. The molecule has 208 valence electrons. The van der Waals surface area contributed by atoms with Crippen LogP contribution in [0.15, 0.2) is 89.8 Å². The highest BCUT2D eigenvalue weighted by Crippen LogP contribution is 2.28. The third kappa shape index (κ3) is 8.47. The lowest BCUT2D eigenvalue weighted by atomic mass is 10.1. The van der Waals surface area contributed by atoms with Gasteiger partial charge in [0.05, 0.1) is 17.5 Å². The molecule has 0 unspecified atom stereocenters. The van der Waals surface area contributed by atoms with Crippen molar-refractivity contribution in [3.8, 4) is 0 Å². The molecular weight excluding hydrogens is 510 g/mol. The van der Waals surface area contributed by atoms with Crippen LogP contribution < -0.4 is 5.73 Å². The van der Waals surface area contributed by atoms with Gasteiger partial charge in [-0.15, -0.1) is 0 Å². The van der Waals surface area contributed by atoms with Crippen LogP contribution in [0.3, 0.4) is 0 Å². The number of nitrogen functional groups attached to an aromatic ring is 1. The van der Waals surface area contributed by atoms with Gasteiger partial charge in [-0.2, -0.15) is 4.31 Å². The Kier molecular flexibility index (Phi) is 10.3. The first-order valence-corrected chi connectivity index (χ1v) is 15.1. The van der Waals surface area contributed by atoms with E-state index in [1.807, 2.05) is 53.4 Å². The Morgan fingerprint density at radius 3 is 2.26 bits per heavy atom. The fourth-order valence-electron chi connectivity index (χ4n) is 5.25. The molecule has 1 fully saturated rings. The van der Waals surface area contributed by atoms with Crippen LogP contribution in [-0.4, -0.2) is 67.3 Å². The number of rotatable bonds is 14. The second kappa shape index (κ2) is 13.8. The zero-order chi connectivity index (χ0) is 27.7. The molecule has 0 spiro atoms. The molecule has 3 aromatic rings. The zero-order valence-electron chi connectivity index (χ0n) is 22.4. The topological polar surface area (TPSA) is 104 Å². The third-order valence-corrected chi connectivity index (χ3v) is 9.17. The Morgan fingerprint density at radius 2 is 1.59 bits per heavy atom. The number of Topliss-reactive ketones (excluding diaryl/α,β-unsaturated/α-hetero) is 1. The molecule has 1 aliphatic rings. The minimum atomic E-state index is -3.86. The van der Waals surface area contributed by atoms with E-state index in [9.17, 15) is 18.3 Å². The predicted molar refractivity (Wildman–Crippen MR) is 155 cm³/mol. The average molecular weight is 550 g/mol. The van der Waals surface area contributed by atoms with Gasteiger partial charge >= 0.3 is 0 Å². The number of carbonyl (C=O) groups excluding carboxylic acids is 1. The summed E-state index contributed by atoms with van der Waals surface area (Å²) in [5.74, 6) is 0.230.